The second-order valence-corrected chi connectivity index (χ2v) is 14.8. The van der Waals surface area contributed by atoms with E-state index in [0.29, 0.717) is 16.7 Å². The fourth-order valence-electron chi connectivity index (χ4n) is 6.41. The van der Waals surface area contributed by atoms with E-state index in [0.717, 1.165) is 12.1 Å². The van der Waals surface area contributed by atoms with E-state index >= 15 is 0 Å². The number of hydrazine groups is 1. The number of halogens is 10. The van der Waals surface area contributed by atoms with Gasteiger partial charge in [0.05, 0.1) is 17.8 Å². The number of rotatable bonds is 7. The lowest BCUT2D eigenvalue weighted by atomic mass is 9.84. The number of alkyl halides is 6. The predicted molar refractivity (Wildman–Crippen MR) is 195 cm³/mol. The monoisotopic (exact) mass is 844 g/mol. The number of nitrogens with one attached hydrogen (secondary N) is 2. The molecule has 0 saturated heterocycles. The van der Waals surface area contributed by atoms with Crippen molar-refractivity contribution in [3.8, 4) is 0 Å². The maximum absolute atomic E-state index is 14.4. The van der Waals surface area contributed by atoms with Crippen molar-refractivity contribution in [2.24, 2.45) is 10.3 Å². The zero-order valence-corrected chi connectivity index (χ0v) is 31.4. The Kier molecular flexibility index (Phi) is 10.9. The van der Waals surface area contributed by atoms with Gasteiger partial charge >= 0.3 is 12.4 Å². The van der Waals surface area contributed by atoms with E-state index in [1.54, 1.807) is 19.9 Å². The number of hydrogen-bond donors (Lipinski definition) is 2. The second-order valence-electron chi connectivity index (χ2n) is 13.0. The van der Waals surface area contributed by atoms with Crippen LogP contribution in [0.15, 0.2) is 83.1 Å². The topological polar surface area (TPSA) is 101 Å². The maximum Gasteiger partial charge on any atom is 0.435 e. The summed E-state index contributed by atoms with van der Waals surface area (Å²) in [6, 6.07) is 16.2. The number of oxime groups is 2. The number of amides is 2. The molecule has 2 heterocycles. The molecule has 2 atom stereocenters. The van der Waals surface area contributed by atoms with Crippen LogP contribution < -0.4 is 10.9 Å². The Labute approximate surface area is 329 Å². The first kappa shape index (κ1) is 40.2. The number of carbonyl (C=O) groups is 2. The van der Waals surface area contributed by atoms with Crippen LogP contribution in [0.25, 0.3) is 0 Å². The third kappa shape index (κ3) is 8.37. The highest BCUT2D eigenvalue weighted by molar-refractivity contribution is 6.35. The van der Waals surface area contributed by atoms with Crippen molar-refractivity contribution in [2.75, 3.05) is 0 Å². The highest BCUT2D eigenvalue weighted by atomic mass is 35.5. The van der Waals surface area contributed by atoms with Gasteiger partial charge in [-0.3, -0.25) is 20.4 Å². The van der Waals surface area contributed by atoms with E-state index < -0.39 is 48.2 Å². The van der Waals surface area contributed by atoms with Crippen molar-refractivity contribution < 1.29 is 45.6 Å². The Bertz CT molecular complexity index is 2240. The molecule has 2 N–H and O–H groups in total. The molecule has 0 aromatic heterocycles. The Morgan fingerprint density at radius 3 is 1.53 bits per heavy atom. The van der Waals surface area contributed by atoms with Gasteiger partial charge in [-0.2, -0.15) is 26.3 Å². The van der Waals surface area contributed by atoms with Gasteiger partial charge in [-0.25, -0.2) is 0 Å². The molecule has 6 rings (SSSR count). The Morgan fingerprint density at radius 1 is 0.655 bits per heavy atom. The molecule has 2 aliphatic heterocycles. The quantitative estimate of drug-likeness (QED) is 0.143. The standard InChI is InChI=1S/C37H26Cl4F6N4O4/c1-18-7-20(30-15-34(54-50-30,17-36(42,43)44)22-9-24(38)13-25(39)10-22)3-5-28(18)32(52)48-49-33(53)29-6-4-21(8-19(29)2)31-16-35(55-51-31,37(45,46)47)23-11-26(40)14-27(41)12-23/h3-14H,15-17H2,1-2H3,(H,48,52)(H,49,53). The average molecular weight is 846 g/mol. The zero-order chi connectivity index (χ0) is 40.1. The molecule has 8 nitrogen and oxygen atoms in total. The molecule has 4 aromatic rings. The van der Waals surface area contributed by atoms with E-state index in [-0.39, 0.29) is 65.8 Å². The lowest BCUT2D eigenvalue weighted by Gasteiger charge is -2.29. The molecule has 0 fully saturated rings. The number of hydrogen-bond acceptors (Lipinski definition) is 6. The van der Waals surface area contributed by atoms with Crippen LogP contribution in [0.1, 0.15) is 73.4 Å². The lowest BCUT2D eigenvalue weighted by molar-refractivity contribution is -0.275. The van der Waals surface area contributed by atoms with Crippen LogP contribution in [-0.2, 0) is 20.9 Å². The van der Waals surface area contributed by atoms with Crippen molar-refractivity contribution >= 4 is 69.6 Å². The van der Waals surface area contributed by atoms with Crippen molar-refractivity contribution in [3.63, 3.8) is 0 Å². The summed E-state index contributed by atoms with van der Waals surface area (Å²) >= 11 is 24.1. The predicted octanol–water partition coefficient (Wildman–Crippen LogP) is 10.5. The van der Waals surface area contributed by atoms with E-state index in [1.165, 1.54) is 54.6 Å². The minimum absolute atomic E-state index is 0.0152. The van der Waals surface area contributed by atoms with Gasteiger partial charge in [0, 0.05) is 55.2 Å². The first-order chi connectivity index (χ1) is 25.7. The van der Waals surface area contributed by atoms with Crippen LogP contribution in [0.2, 0.25) is 20.1 Å². The van der Waals surface area contributed by atoms with Gasteiger partial charge in [-0.05, 0) is 96.8 Å². The van der Waals surface area contributed by atoms with E-state index in [4.69, 9.17) is 56.1 Å². The lowest BCUT2D eigenvalue weighted by Crippen LogP contribution is -2.42. The number of aryl methyl sites for hydroxylation is 2. The fraction of sp³-hybridized carbons (Fsp3) is 0.243. The fourth-order valence-corrected chi connectivity index (χ4v) is 7.47. The van der Waals surface area contributed by atoms with Crippen LogP contribution in [0.4, 0.5) is 26.3 Å². The Morgan fingerprint density at radius 2 is 1.09 bits per heavy atom. The first-order valence-corrected chi connectivity index (χ1v) is 17.6. The third-order valence-electron chi connectivity index (χ3n) is 9.07. The molecule has 55 heavy (non-hydrogen) atoms. The van der Waals surface area contributed by atoms with Crippen LogP contribution in [0.3, 0.4) is 0 Å². The average Bonchev–Trinajstić information content (AvgIpc) is 3.72. The molecule has 2 amide bonds. The molecule has 2 unspecified atom stereocenters. The van der Waals surface area contributed by atoms with Gasteiger partial charge in [0.25, 0.3) is 17.4 Å². The smallest absolute Gasteiger partial charge is 0.383 e. The summed E-state index contributed by atoms with van der Waals surface area (Å²) in [7, 11) is 0. The second kappa shape index (κ2) is 14.9. The molecule has 4 aromatic carbocycles. The van der Waals surface area contributed by atoms with Crippen LogP contribution in [-0.4, -0.2) is 35.6 Å². The van der Waals surface area contributed by atoms with Gasteiger partial charge in [-0.15, -0.1) is 0 Å². The largest absolute Gasteiger partial charge is 0.435 e. The molecule has 2 aliphatic rings. The summed E-state index contributed by atoms with van der Waals surface area (Å²) in [6.07, 6.45) is -11.9. The van der Waals surface area contributed by atoms with Crippen molar-refractivity contribution in [1.29, 1.82) is 0 Å². The summed E-state index contributed by atoms with van der Waals surface area (Å²) in [5.41, 5.74) is 1.42. The zero-order valence-electron chi connectivity index (χ0n) is 28.4. The van der Waals surface area contributed by atoms with Gasteiger partial charge < -0.3 is 9.68 Å². The van der Waals surface area contributed by atoms with E-state index in [1.807, 2.05) is 0 Å². The summed E-state index contributed by atoms with van der Waals surface area (Å²) in [5.74, 6) is -1.44. The summed E-state index contributed by atoms with van der Waals surface area (Å²) < 4.78 is 84.5. The van der Waals surface area contributed by atoms with Crippen LogP contribution >= 0.6 is 46.4 Å². The molecule has 288 valence electrons. The number of carbonyl (C=O) groups excluding carboxylic acids is 2. The van der Waals surface area contributed by atoms with Crippen molar-refractivity contribution in [2.45, 2.75) is 56.7 Å². The highest BCUT2D eigenvalue weighted by Gasteiger charge is 2.62. The normalized spacial score (nSPS) is 19.6. The Balaban J connectivity index is 1.12. The van der Waals surface area contributed by atoms with Gasteiger partial charge in [-0.1, -0.05) is 68.8 Å². The molecule has 0 spiro atoms. The van der Waals surface area contributed by atoms with Crippen molar-refractivity contribution in [1.82, 2.24) is 10.9 Å². The molecule has 18 heteroatoms. The van der Waals surface area contributed by atoms with Crippen LogP contribution in [0.5, 0.6) is 0 Å². The van der Waals surface area contributed by atoms with Gasteiger partial charge in [0.1, 0.15) is 0 Å². The minimum Gasteiger partial charge on any atom is -0.383 e. The molecular formula is C37H26Cl4F6N4O4. The SMILES string of the molecule is Cc1cc(C2=NOC(CC(F)(F)F)(c3cc(Cl)cc(Cl)c3)C2)ccc1C(=O)NNC(=O)c1ccc(C2=NOC(c3cc(Cl)cc(Cl)c3)(C(F)(F)F)C2)cc1C. The summed E-state index contributed by atoms with van der Waals surface area (Å²) in [5, 5.41) is 7.92. The minimum atomic E-state index is -4.90. The molecule has 0 aliphatic carbocycles. The highest BCUT2D eigenvalue weighted by Crippen LogP contribution is 2.50. The van der Waals surface area contributed by atoms with Crippen molar-refractivity contribution in [3.05, 3.63) is 137 Å². The van der Waals surface area contributed by atoms with Gasteiger partial charge in [0.2, 0.25) is 0 Å². The van der Waals surface area contributed by atoms with E-state index in [2.05, 4.69) is 21.2 Å². The number of nitrogens with zero attached hydrogens (tertiary/aromatic N) is 2. The third-order valence-corrected chi connectivity index (χ3v) is 9.94. The molecular weight excluding hydrogens is 820 g/mol. The Hall–Kier alpha value is -4.50. The molecule has 0 saturated carbocycles. The number of benzene rings is 4. The maximum atomic E-state index is 14.4. The summed E-state index contributed by atoms with van der Waals surface area (Å²) in [6.45, 7) is 3.14. The molecule has 0 radical (unpaired) electrons. The summed E-state index contributed by atoms with van der Waals surface area (Å²) in [4.78, 5) is 36.7. The van der Waals surface area contributed by atoms with Crippen LogP contribution in [0, 0.1) is 13.8 Å². The molecule has 0 bridgehead atoms. The first-order valence-electron chi connectivity index (χ1n) is 16.1. The van der Waals surface area contributed by atoms with E-state index in [9.17, 15) is 35.9 Å². The van der Waals surface area contributed by atoms with Gasteiger partial charge in [0.15, 0.2) is 5.60 Å².